The summed E-state index contributed by atoms with van der Waals surface area (Å²) in [6, 6.07) is 1.86. The van der Waals surface area contributed by atoms with Crippen molar-refractivity contribution >= 4 is 5.82 Å². The van der Waals surface area contributed by atoms with Gasteiger partial charge in [-0.2, -0.15) is 0 Å². The molecule has 0 bridgehead atoms. The van der Waals surface area contributed by atoms with Crippen molar-refractivity contribution in [3.05, 3.63) is 23.4 Å². The lowest BCUT2D eigenvalue weighted by Crippen LogP contribution is -2.47. The molecule has 5 nitrogen and oxygen atoms in total. The Morgan fingerprint density at radius 2 is 2.16 bits per heavy atom. The summed E-state index contributed by atoms with van der Waals surface area (Å²) >= 11 is 0. The van der Waals surface area contributed by atoms with Crippen LogP contribution in [0.5, 0.6) is 0 Å². The highest BCUT2D eigenvalue weighted by Gasteiger charge is 2.44. The largest absolute Gasteiger partial charge is 0.383 e. The normalized spacial score (nSPS) is 19.5. The minimum Gasteiger partial charge on any atom is -0.383 e. The average Bonchev–Trinajstić information content (AvgIpc) is 2.84. The van der Waals surface area contributed by atoms with Crippen LogP contribution in [0.3, 0.4) is 0 Å². The third-order valence-electron chi connectivity index (χ3n) is 4.10. The van der Waals surface area contributed by atoms with E-state index in [-0.39, 0.29) is 11.6 Å². The van der Waals surface area contributed by atoms with Crippen LogP contribution in [0, 0.1) is 6.92 Å². The molecule has 5 heteroatoms. The molecule has 1 fully saturated rings. The Labute approximate surface area is 114 Å². The van der Waals surface area contributed by atoms with Crippen LogP contribution in [0.4, 0.5) is 5.82 Å². The molecular weight excluding hydrogens is 240 g/mol. The Morgan fingerprint density at radius 3 is 2.68 bits per heavy atom. The van der Waals surface area contributed by atoms with Gasteiger partial charge in [-0.1, -0.05) is 12.8 Å². The predicted molar refractivity (Wildman–Crippen MR) is 76.3 cm³/mol. The van der Waals surface area contributed by atoms with Gasteiger partial charge in [-0.05, 0) is 38.3 Å². The Morgan fingerprint density at radius 1 is 1.47 bits per heavy atom. The standard InChI is InChI=1S/C14H24N4O/c1-3-19-14(7-4-5-8-14)12(18-16)11-10(2)6-9-17-13(11)15/h6,9,12,18H,3-5,7-8,16H2,1-2H3,(H2,15,17). The molecule has 1 aromatic rings. The highest BCUT2D eigenvalue weighted by Crippen LogP contribution is 2.44. The van der Waals surface area contributed by atoms with Gasteiger partial charge in [0.25, 0.3) is 0 Å². The Balaban J connectivity index is 2.43. The lowest BCUT2D eigenvalue weighted by molar-refractivity contribution is -0.0627. The maximum absolute atomic E-state index is 6.08. The zero-order valence-corrected chi connectivity index (χ0v) is 11.8. The summed E-state index contributed by atoms with van der Waals surface area (Å²) in [5.74, 6) is 6.36. The molecule has 1 atom stereocenters. The van der Waals surface area contributed by atoms with Gasteiger partial charge in [0.05, 0.1) is 11.6 Å². The number of nitrogens with two attached hydrogens (primary N) is 2. The van der Waals surface area contributed by atoms with E-state index in [1.54, 1.807) is 6.20 Å². The third kappa shape index (κ3) is 2.59. The van der Waals surface area contributed by atoms with Crippen LogP contribution in [-0.2, 0) is 4.74 Å². The first-order valence-electron chi connectivity index (χ1n) is 6.95. The highest BCUT2D eigenvalue weighted by molar-refractivity contribution is 5.47. The van der Waals surface area contributed by atoms with E-state index in [0.29, 0.717) is 12.4 Å². The van der Waals surface area contributed by atoms with Crippen molar-refractivity contribution in [2.24, 2.45) is 5.84 Å². The maximum atomic E-state index is 6.08. The molecule has 1 saturated carbocycles. The number of anilines is 1. The molecule has 106 valence electrons. The zero-order valence-electron chi connectivity index (χ0n) is 11.8. The molecule has 2 rings (SSSR count). The van der Waals surface area contributed by atoms with Crippen molar-refractivity contribution < 1.29 is 4.74 Å². The van der Waals surface area contributed by atoms with E-state index < -0.39 is 0 Å². The first-order valence-corrected chi connectivity index (χ1v) is 6.95. The smallest absolute Gasteiger partial charge is 0.128 e. The molecule has 19 heavy (non-hydrogen) atoms. The molecule has 0 amide bonds. The fourth-order valence-corrected chi connectivity index (χ4v) is 3.24. The number of nitrogens with zero attached hydrogens (tertiary/aromatic N) is 1. The number of ether oxygens (including phenoxy) is 1. The molecule has 0 aliphatic heterocycles. The quantitative estimate of drug-likeness (QED) is 0.558. The molecular formula is C14H24N4O. The number of hydrazine groups is 1. The van der Waals surface area contributed by atoms with Crippen LogP contribution in [-0.4, -0.2) is 17.2 Å². The van der Waals surface area contributed by atoms with Crippen molar-refractivity contribution in [3.8, 4) is 0 Å². The fourth-order valence-electron chi connectivity index (χ4n) is 3.24. The van der Waals surface area contributed by atoms with E-state index in [4.69, 9.17) is 16.3 Å². The van der Waals surface area contributed by atoms with Gasteiger partial charge in [0.1, 0.15) is 5.82 Å². The van der Waals surface area contributed by atoms with E-state index in [2.05, 4.69) is 10.4 Å². The topological polar surface area (TPSA) is 86.2 Å². The summed E-state index contributed by atoms with van der Waals surface area (Å²) in [6.45, 7) is 4.73. The van der Waals surface area contributed by atoms with E-state index >= 15 is 0 Å². The summed E-state index contributed by atoms with van der Waals surface area (Å²) < 4.78 is 6.08. The van der Waals surface area contributed by atoms with Crippen LogP contribution < -0.4 is 17.0 Å². The van der Waals surface area contributed by atoms with Gasteiger partial charge >= 0.3 is 0 Å². The minimum atomic E-state index is -0.259. The molecule has 1 heterocycles. The van der Waals surface area contributed by atoms with Gasteiger partial charge in [0.15, 0.2) is 0 Å². The van der Waals surface area contributed by atoms with Crippen LogP contribution in [0.2, 0.25) is 0 Å². The molecule has 5 N–H and O–H groups in total. The van der Waals surface area contributed by atoms with E-state index in [1.165, 1.54) is 0 Å². The number of rotatable bonds is 5. The third-order valence-corrected chi connectivity index (χ3v) is 4.10. The Bertz CT molecular complexity index is 409. The van der Waals surface area contributed by atoms with Crippen molar-refractivity contribution in [2.75, 3.05) is 12.3 Å². The number of nitrogen functional groups attached to an aromatic ring is 1. The molecule has 0 spiro atoms. The summed E-state index contributed by atoms with van der Waals surface area (Å²) in [5, 5.41) is 0. The first-order chi connectivity index (χ1) is 9.14. The van der Waals surface area contributed by atoms with Crippen molar-refractivity contribution in [1.29, 1.82) is 0 Å². The van der Waals surface area contributed by atoms with Gasteiger partial charge in [0, 0.05) is 18.4 Å². The molecule has 1 aliphatic carbocycles. The Kier molecular flexibility index (Phi) is 4.39. The molecule has 1 aliphatic rings. The first kappa shape index (κ1) is 14.2. The molecule has 0 radical (unpaired) electrons. The number of hydrogen-bond donors (Lipinski definition) is 3. The number of hydrogen-bond acceptors (Lipinski definition) is 5. The number of pyridine rings is 1. The summed E-state index contributed by atoms with van der Waals surface area (Å²) in [4.78, 5) is 4.20. The van der Waals surface area contributed by atoms with Crippen LogP contribution in [0.1, 0.15) is 49.8 Å². The van der Waals surface area contributed by atoms with Crippen LogP contribution >= 0.6 is 0 Å². The average molecular weight is 264 g/mol. The fraction of sp³-hybridized carbons (Fsp3) is 0.643. The van der Waals surface area contributed by atoms with Gasteiger partial charge in [-0.15, -0.1) is 0 Å². The summed E-state index contributed by atoms with van der Waals surface area (Å²) in [7, 11) is 0. The van der Waals surface area contributed by atoms with Crippen molar-refractivity contribution in [1.82, 2.24) is 10.4 Å². The maximum Gasteiger partial charge on any atom is 0.128 e. The summed E-state index contributed by atoms with van der Waals surface area (Å²) in [6.07, 6.45) is 6.06. The number of aromatic nitrogens is 1. The molecule has 1 aromatic heterocycles. The Hall–Kier alpha value is -1.17. The van der Waals surface area contributed by atoms with Crippen molar-refractivity contribution in [2.45, 2.75) is 51.2 Å². The second-order valence-electron chi connectivity index (χ2n) is 5.23. The van der Waals surface area contributed by atoms with Gasteiger partial charge in [0.2, 0.25) is 0 Å². The lowest BCUT2D eigenvalue weighted by Gasteiger charge is -2.38. The lowest BCUT2D eigenvalue weighted by atomic mass is 9.85. The number of aryl methyl sites for hydroxylation is 1. The second-order valence-corrected chi connectivity index (χ2v) is 5.23. The highest BCUT2D eigenvalue weighted by atomic mass is 16.5. The van der Waals surface area contributed by atoms with Crippen LogP contribution in [0.15, 0.2) is 12.3 Å². The van der Waals surface area contributed by atoms with E-state index in [0.717, 1.165) is 36.8 Å². The predicted octanol–water partition coefficient (Wildman–Crippen LogP) is 1.83. The van der Waals surface area contributed by atoms with Gasteiger partial charge < -0.3 is 10.5 Å². The van der Waals surface area contributed by atoms with Crippen LogP contribution in [0.25, 0.3) is 0 Å². The SMILES string of the molecule is CCOC1(C(NN)c2c(C)ccnc2N)CCCC1. The second kappa shape index (κ2) is 5.86. The van der Waals surface area contributed by atoms with Gasteiger partial charge in [-0.25, -0.2) is 10.4 Å². The molecule has 0 aromatic carbocycles. The summed E-state index contributed by atoms with van der Waals surface area (Å²) in [5.41, 5.74) is 10.8. The number of nitrogens with one attached hydrogen (secondary N) is 1. The molecule has 1 unspecified atom stereocenters. The zero-order chi connectivity index (χ0) is 13.9. The van der Waals surface area contributed by atoms with E-state index in [9.17, 15) is 0 Å². The van der Waals surface area contributed by atoms with E-state index in [1.807, 2.05) is 19.9 Å². The van der Waals surface area contributed by atoms with Crippen molar-refractivity contribution in [3.63, 3.8) is 0 Å². The van der Waals surface area contributed by atoms with Gasteiger partial charge in [-0.3, -0.25) is 5.84 Å². The monoisotopic (exact) mass is 264 g/mol. The minimum absolute atomic E-state index is 0.108. The molecule has 0 saturated heterocycles.